The molecule has 1 fully saturated rings. The predicted octanol–water partition coefficient (Wildman–Crippen LogP) is -0.162. The Kier molecular flexibility index (Phi) is 4.31. The van der Waals surface area contributed by atoms with E-state index in [1.165, 1.54) is 12.7 Å². The third kappa shape index (κ3) is 4.46. The lowest BCUT2D eigenvalue weighted by atomic mass is 10.6. The van der Waals surface area contributed by atoms with Crippen LogP contribution in [0.15, 0.2) is 12.7 Å². The number of aromatic nitrogens is 3. The number of H-pyrrole nitrogens is 1. The molecule has 5 heteroatoms. The Morgan fingerprint density at radius 1 is 1.09 bits per heavy atom. The van der Waals surface area contributed by atoms with Crippen LogP contribution in [0.3, 0.4) is 0 Å². The first-order valence-electron chi connectivity index (χ1n) is 3.44. The summed E-state index contributed by atoms with van der Waals surface area (Å²) in [6.45, 7) is 3.11. The smallest absolute Gasteiger partial charge is 0.137 e. The zero-order chi connectivity index (χ0) is 7.78. The molecule has 2 rings (SSSR count). The van der Waals surface area contributed by atoms with Gasteiger partial charge in [0.15, 0.2) is 0 Å². The zero-order valence-corrected chi connectivity index (χ0v) is 6.19. The second-order valence-electron chi connectivity index (χ2n) is 1.88. The van der Waals surface area contributed by atoms with Gasteiger partial charge in [-0.1, -0.05) is 0 Å². The van der Waals surface area contributed by atoms with Crippen molar-refractivity contribution in [2.75, 3.05) is 26.4 Å². The number of hydrogen-bond acceptors (Lipinski definition) is 4. The topological polar surface area (TPSA) is 60.0 Å². The average molecular weight is 157 g/mol. The maximum Gasteiger partial charge on any atom is 0.137 e. The van der Waals surface area contributed by atoms with Crippen LogP contribution in [0.4, 0.5) is 0 Å². The van der Waals surface area contributed by atoms with E-state index in [9.17, 15) is 0 Å². The average Bonchev–Trinajstić information content (AvgIpc) is 2.64. The number of ether oxygens (including phenoxy) is 2. The van der Waals surface area contributed by atoms with E-state index in [1.54, 1.807) is 0 Å². The van der Waals surface area contributed by atoms with E-state index in [0.29, 0.717) is 0 Å². The number of hydrogen-bond donors (Lipinski definition) is 1. The van der Waals surface area contributed by atoms with Crippen molar-refractivity contribution in [1.82, 2.24) is 15.2 Å². The lowest BCUT2D eigenvalue weighted by molar-refractivity contribution is -0.0334. The maximum atomic E-state index is 4.94. The Balaban J connectivity index is 0.000000112. The molecule has 1 aromatic rings. The largest absolute Gasteiger partial charge is 0.377 e. The summed E-state index contributed by atoms with van der Waals surface area (Å²) < 4.78 is 9.89. The molecule has 0 saturated carbocycles. The molecule has 1 saturated heterocycles. The SMILES string of the molecule is C1COCCO1.c1nc[nH]n1. The highest BCUT2D eigenvalue weighted by Crippen LogP contribution is 1.85. The van der Waals surface area contributed by atoms with Gasteiger partial charge in [0.1, 0.15) is 12.7 Å². The minimum Gasteiger partial charge on any atom is -0.377 e. The first-order chi connectivity index (χ1) is 5.50. The van der Waals surface area contributed by atoms with Crippen LogP contribution in [0, 0.1) is 0 Å². The molecule has 11 heavy (non-hydrogen) atoms. The van der Waals surface area contributed by atoms with Crippen molar-refractivity contribution >= 4 is 0 Å². The molecule has 0 amide bonds. The lowest BCUT2D eigenvalue weighted by Crippen LogP contribution is -2.16. The third-order valence-electron chi connectivity index (χ3n) is 1.08. The summed E-state index contributed by atoms with van der Waals surface area (Å²) in [4.78, 5) is 3.56. The normalized spacial score (nSPS) is 16.7. The Bertz CT molecular complexity index is 122. The molecule has 1 aliphatic heterocycles. The predicted molar refractivity (Wildman–Crippen MR) is 38.0 cm³/mol. The molecule has 62 valence electrons. The quantitative estimate of drug-likeness (QED) is 0.568. The lowest BCUT2D eigenvalue weighted by Gasteiger charge is -2.09. The minimum absolute atomic E-state index is 0.778. The Hall–Kier alpha value is -0.940. The number of rotatable bonds is 0. The van der Waals surface area contributed by atoms with Crippen LogP contribution in [0.1, 0.15) is 0 Å². The van der Waals surface area contributed by atoms with Crippen molar-refractivity contribution in [3.05, 3.63) is 12.7 Å². The summed E-state index contributed by atoms with van der Waals surface area (Å²) in [6, 6.07) is 0. The van der Waals surface area contributed by atoms with E-state index < -0.39 is 0 Å². The van der Waals surface area contributed by atoms with E-state index in [2.05, 4.69) is 15.2 Å². The van der Waals surface area contributed by atoms with Crippen molar-refractivity contribution in [2.24, 2.45) is 0 Å². The molecule has 0 unspecified atom stereocenters. The highest BCUT2D eigenvalue weighted by molar-refractivity contribution is 4.43. The second-order valence-corrected chi connectivity index (χ2v) is 1.88. The van der Waals surface area contributed by atoms with Crippen LogP contribution in [0.25, 0.3) is 0 Å². The van der Waals surface area contributed by atoms with E-state index in [1.807, 2.05) is 0 Å². The molecule has 1 aromatic heterocycles. The molecule has 0 bridgehead atoms. The van der Waals surface area contributed by atoms with Gasteiger partial charge in [-0.05, 0) is 0 Å². The van der Waals surface area contributed by atoms with Gasteiger partial charge in [-0.3, -0.25) is 5.10 Å². The molecule has 0 spiro atoms. The van der Waals surface area contributed by atoms with Gasteiger partial charge in [0.25, 0.3) is 0 Å². The van der Waals surface area contributed by atoms with Crippen LogP contribution >= 0.6 is 0 Å². The molecular formula is C6H11N3O2. The van der Waals surface area contributed by atoms with E-state index >= 15 is 0 Å². The molecule has 2 heterocycles. The molecular weight excluding hydrogens is 146 g/mol. The Morgan fingerprint density at radius 3 is 1.91 bits per heavy atom. The fourth-order valence-corrected chi connectivity index (χ4v) is 0.606. The van der Waals surface area contributed by atoms with Crippen molar-refractivity contribution in [3.63, 3.8) is 0 Å². The highest BCUT2D eigenvalue weighted by atomic mass is 16.6. The van der Waals surface area contributed by atoms with E-state index in [-0.39, 0.29) is 0 Å². The summed E-state index contributed by atoms with van der Waals surface area (Å²) in [5.41, 5.74) is 0. The minimum atomic E-state index is 0.778. The summed E-state index contributed by atoms with van der Waals surface area (Å²) in [6.07, 6.45) is 2.96. The van der Waals surface area contributed by atoms with Gasteiger partial charge in [0.2, 0.25) is 0 Å². The van der Waals surface area contributed by atoms with Crippen molar-refractivity contribution in [2.45, 2.75) is 0 Å². The van der Waals surface area contributed by atoms with Crippen LogP contribution in [-0.2, 0) is 9.47 Å². The van der Waals surface area contributed by atoms with Gasteiger partial charge in [0.05, 0.1) is 26.4 Å². The third-order valence-corrected chi connectivity index (χ3v) is 1.08. The van der Waals surface area contributed by atoms with Crippen LogP contribution < -0.4 is 0 Å². The standard InChI is InChI=1S/C4H8O2.C2H3N3/c1-2-6-4-3-5-1;1-3-2-5-4-1/h1-4H2;1-2H,(H,3,4,5). The first-order valence-corrected chi connectivity index (χ1v) is 3.44. The van der Waals surface area contributed by atoms with Gasteiger partial charge in [-0.15, -0.1) is 0 Å². The Morgan fingerprint density at radius 2 is 1.73 bits per heavy atom. The zero-order valence-electron chi connectivity index (χ0n) is 6.19. The number of nitrogens with zero attached hydrogens (tertiary/aromatic N) is 2. The molecule has 0 aromatic carbocycles. The van der Waals surface area contributed by atoms with Gasteiger partial charge in [0, 0.05) is 0 Å². The molecule has 1 N–H and O–H groups in total. The number of aromatic amines is 1. The Labute approximate surface area is 64.7 Å². The second kappa shape index (κ2) is 5.82. The maximum absolute atomic E-state index is 4.94. The van der Waals surface area contributed by atoms with Gasteiger partial charge in [-0.25, -0.2) is 4.98 Å². The first kappa shape index (κ1) is 8.16. The van der Waals surface area contributed by atoms with Crippen molar-refractivity contribution in [1.29, 1.82) is 0 Å². The molecule has 0 aliphatic carbocycles. The molecule has 1 aliphatic rings. The summed E-state index contributed by atoms with van der Waals surface area (Å²) >= 11 is 0. The van der Waals surface area contributed by atoms with E-state index in [4.69, 9.17) is 9.47 Å². The molecule has 0 atom stereocenters. The van der Waals surface area contributed by atoms with Gasteiger partial charge >= 0.3 is 0 Å². The monoisotopic (exact) mass is 157 g/mol. The van der Waals surface area contributed by atoms with E-state index in [0.717, 1.165) is 26.4 Å². The van der Waals surface area contributed by atoms with Gasteiger partial charge < -0.3 is 9.47 Å². The van der Waals surface area contributed by atoms with Gasteiger partial charge in [-0.2, -0.15) is 5.10 Å². The summed E-state index contributed by atoms with van der Waals surface area (Å²) in [5, 5.41) is 5.99. The fourth-order valence-electron chi connectivity index (χ4n) is 0.606. The van der Waals surface area contributed by atoms with Crippen molar-refractivity contribution < 1.29 is 9.47 Å². The fraction of sp³-hybridized carbons (Fsp3) is 0.667. The number of nitrogens with one attached hydrogen (secondary N) is 1. The molecule has 5 nitrogen and oxygen atoms in total. The summed E-state index contributed by atoms with van der Waals surface area (Å²) in [5.74, 6) is 0. The van der Waals surface area contributed by atoms with Crippen LogP contribution in [0.5, 0.6) is 0 Å². The van der Waals surface area contributed by atoms with Crippen molar-refractivity contribution in [3.8, 4) is 0 Å². The van der Waals surface area contributed by atoms with Crippen LogP contribution in [-0.4, -0.2) is 41.6 Å². The van der Waals surface area contributed by atoms with Crippen LogP contribution in [0.2, 0.25) is 0 Å². The summed E-state index contributed by atoms with van der Waals surface area (Å²) in [7, 11) is 0. The highest BCUT2D eigenvalue weighted by Gasteiger charge is 1.94. The molecule has 0 radical (unpaired) electrons.